The summed E-state index contributed by atoms with van der Waals surface area (Å²) in [6.07, 6.45) is 5.24. The molecule has 0 aliphatic heterocycles. The molecule has 3 rings (SSSR count). The minimum absolute atomic E-state index is 0.665. The SMILES string of the molecule is O=C(O)/C=C/c1c(OCC2CC2)ccc2ccccc12. The summed E-state index contributed by atoms with van der Waals surface area (Å²) in [6.45, 7) is 0.715. The standard InChI is InChI=1S/C17H16O3/c18-17(19)10-8-15-14-4-2-1-3-13(14)7-9-16(15)20-11-12-5-6-12/h1-4,7-10,12H,5-6,11H2,(H,18,19)/b10-8+. The number of ether oxygens (including phenoxy) is 1. The van der Waals surface area contributed by atoms with E-state index in [9.17, 15) is 4.79 Å². The molecular formula is C17H16O3. The van der Waals surface area contributed by atoms with E-state index in [1.54, 1.807) is 6.08 Å². The highest BCUT2D eigenvalue weighted by Gasteiger charge is 2.22. The molecule has 1 N–H and O–H groups in total. The van der Waals surface area contributed by atoms with Crippen molar-refractivity contribution in [3.05, 3.63) is 48.0 Å². The molecule has 0 radical (unpaired) electrons. The molecule has 2 aromatic carbocycles. The molecule has 2 aromatic rings. The van der Waals surface area contributed by atoms with Crippen molar-refractivity contribution in [1.82, 2.24) is 0 Å². The van der Waals surface area contributed by atoms with Gasteiger partial charge in [0.05, 0.1) is 6.61 Å². The van der Waals surface area contributed by atoms with Crippen molar-refractivity contribution in [2.45, 2.75) is 12.8 Å². The van der Waals surface area contributed by atoms with E-state index in [-0.39, 0.29) is 0 Å². The second-order valence-corrected chi connectivity index (χ2v) is 5.12. The zero-order valence-electron chi connectivity index (χ0n) is 11.1. The van der Waals surface area contributed by atoms with Gasteiger partial charge in [0.15, 0.2) is 0 Å². The monoisotopic (exact) mass is 268 g/mol. The molecule has 1 fully saturated rings. The van der Waals surface area contributed by atoms with Gasteiger partial charge in [-0.25, -0.2) is 4.79 Å². The topological polar surface area (TPSA) is 46.5 Å². The highest BCUT2D eigenvalue weighted by Crippen LogP contribution is 2.33. The molecule has 0 bridgehead atoms. The van der Waals surface area contributed by atoms with E-state index in [1.807, 2.05) is 36.4 Å². The predicted molar refractivity (Wildman–Crippen MR) is 78.8 cm³/mol. The van der Waals surface area contributed by atoms with Crippen LogP contribution < -0.4 is 4.74 Å². The molecule has 1 saturated carbocycles. The van der Waals surface area contributed by atoms with Crippen molar-refractivity contribution < 1.29 is 14.6 Å². The van der Waals surface area contributed by atoms with Crippen LogP contribution in [0.15, 0.2) is 42.5 Å². The molecule has 0 atom stereocenters. The van der Waals surface area contributed by atoms with E-state index < -0.39 is 5.97 Å². The van der Waals surface area contributed by atoms with Gasteiger partial charge in [0.2, 0.25) is 0 Å². The second kappa shape index (κ2) is 5.37. The first-order valence-corrected chi connectivity index (χ1v) is 6.79. The summed E-state index contributed by atoms with van der Waals surface area (Å²) in [5.74, 6) is 0.469. The lowest BCUT2D eigenvalue weighted by atomic mass is 10.0. The molecule has 1 aliphatic rings. The van der Waals surface area contributed by atoms with Gasteiger partial charge in [0, 0.05) is 11.6 Å². The lowest BCUT2D eigenvalue weighted by Crippen LogP contribution is -2.01. The van der Waals surface area contributed by atoms with Gasteiger partial charge >= 0.3 is 5.97 Å². The minimum Gasteiger partial charge on any atom is -0.493 e. The fraction of sp³-hybridized carbons (Fsp3) is 0.235. The number of carbonyl (C=O) groups is 1. The zero-order chi connectivity index (χ0) is 13.9. The van der Waals surface area contributed by atoms with Gasteiger partial charge in [0.1, 0.15) is 5.75 Å². The zero-order valence-corrected chi connectivity index (χ0v) is 11.1. The van der Waals surface area contributed by atoms with Gasteiger partial charge in [-0.15, -0.1) is 0 Å². The first kappa shape index (κ1) is 12.7. The van der Waals surface area contributed by atoms with Gasteiger partial charge in [0.25, 0.3) is 0 Å². The van der Waals surface area contributed by atoms with Crippen LogP contribution in [-0.2, 0) is 4.79 Å². The molecule has 0 unspecified atom stereocenters. The molecule has 0 aromatic heterocycles. The van der Waals surface area contributed by atoms with E-state index >= 15 is 0 Å². The highest BCUT2D eigenvalue weighted by atomic mass is 16.5. The van der Waals surface area contributed by atoms with Crippen molar-refractivity contribution in [3.8, 4) is 5.75 Å². The third-order valence-electron chi connectivity index (χ3n) is 3.49. The summed E-state index contributed by atoms with van der Waals surface area (Å²) in [4.78, 5) is 10.8. The van der Waals surface area contributed by atoms with Crippen LogP contribution in [0.5, 0.6) is 5.75 Å². The Morgan fingerprint density at radius 3 is 2.80 bits per heavy atom. The lowest BCUT2D eigenvalue weighted by molar-refractivity contribution is -0.131. The van der Waals surface area contributed by atoms with Crippen LogP contribution in [0.1, 0.15) is 18.4 Å². The predicted octanol–water partition coefficient (Wildman–Crippen LogP) is 3.73. The second-order valence-electron chi connectivity index (χ2n) is 5.12. The van der Waals surface area contributed by atoms with E-state index in [1.165, 1.54) is 12.8 Å². The minimum atomic E-state index is -0.953. The van der Waals surface area contributed by atoms with Gasteiger partial charge in [-0.1, -0.05) is 30.3 Å². The Morgan fingerprint density at radius 1 is 1.25 bits per heavy atom. The van der Waals surface area contributed by atoms with E-state index in [0.717, 1.165) is 28.2 Å². The Balaban J connectivity index is 2.02. The molecule has 0 spiro atoms. The first-order chi connectivity index (χ1) is 9.74. The number of carboxylic acids is 1. The molecular weight excluding hydrogens is 252 g/mol. The third kappa shape index (κ3) is 2.82. The maximum absolute atomic E-state index is 10.8. The van der Waals surface area contributed by atoms with Crippen LogP contribution in [0.4, 0.5) is 0 Å². The quantitative estimate of drug-likeness (QED) is 0.840. The van der Waals surface area contributed by atoms with Crippen molar-refractivity contribution >= 4 is 22.8 Å². The molecule has 0 saturated heterocycles. The number of aliphatic carboxylic acids is 1. The summed E-state index contributed by atoms with van der Waals surface area (Å²) in [6, 6.07) is 11.9. The van der Waals surface area contributed by atoms with E-state index in [0.29, 0.717) is 12.5 Å². The number of fused-ring (bicyclic) bond motifs is 1. The number of benzene rings is 2. The molecule has 0 heterocycles. The van der Waals surface area contributed by atoms with Gasteiger partial charge in [-0.2, -0.15) is 0 Å². The lowest BCUT2D eigenvalue weighted by Gasteiger charge is -2.11. The average Bonchev–Trinajstić information content (AvgIpc) is 3.27. The maximum atomic E-state index is 10.8. The normalized spacial score (nSPS) is 14.8. The Morgan fingerprint density at radius 2 is 2.05 bits per heavy atom. The largest absolute Gasteiger partial charge is 0.493 e. The number of rotatable bonds is 5. The fourth-order valence-corrected chi connectivity index (χ4v) is 2.22. The van der Waals surface area contributed by atoms with Crippen molar-refractivity contribution in [2.75, 3.05) is 6.61 Å². The Bertz CT molecular complexity index is 669. The Labute approximate surface area is 117 Å². The molecule has 0 amide bonds. The van der Waals surface area contributed by atoms with Crippen molar-refractivity contribution in [2.24, 2.45) is 5.92 Å². The number of carboxylic acid groups (broad SMARTS) is 1. The molecule has 3 heteroatoms. The van der Waals surface area contributed by atoms with Gasteiger partial charge in [-0.3, -0.25) is 0 Å². The van der Waals surface area contributed by atoms with Crippen LogP contribution in [0.25, 0.3) is 16.8 Å². The number of hydrogen-bond donors (Lipinski definition) is 1. The smallest absolute Gasteiger partial charge is 0.328 e. The third-order valence-corrected chi connectivity index (χ3v) is 3.49. The van der Waals surface area contributed by atoms with E-state index in [4.69, 9.17) is 9.84 Å². The van der Waals surface area contributed by atoms with Gasteiger partial charge in [-0.05, 0) is 41.7 Å². The summed E-state index contributed by atoms with van der Waals surface area (Å²) in [5, 5.41) is 10.9. The highest BCUT2D eigenvalue weighted by molar-refractivity contribution is 5.96. The molecule has 1 aliphatic carbocycles. The maximum Gasteiger partial charge on any atom is 0.328 e. The fourth-order valence-electron chi connectivity index (χ4n) is 2.22. The van der Waals surface area contributed by atoms with Crippen LogP contribution in [-0.4, -0.2) is 17.7 Å². The Kier molecular flexibility index (Phi) is 3.42. The molecule has 3 nitrogen and oxygen atoms in total. The van der Waals surface area contributed by atoms with Gasteiger partial charge < -0.3 is 9.84 Å². The van der Waals surface area contributed by atoms with Crippen LogP contribution in [0.3, 0.4) is 0 Å². The summed E-state index contributed by atoms with van der Waals surface area (Å²) >= 11 is 0. The summed E-state index contributed by atoms with van der Waals surface area (Å²) < 4.78 is 5.86. The average molecular weight is 268 g/mol. The molecule has 20 heavy (non-hydrogen) atoms. The van der Waals surface area contributed by atoms with Crippen LogP contribution in [0, 0.1) is 5.92 Å². The summed E-state index contributed by atoms with van der Waals surface area (Å²) in [7, 11) is 0. The van der Waals surface area contributed by atoms with Crippen LogP contribution >= 0.6 is 0 Å². The Hall–Kier alpha value is -2.29. The van der Waals surface area contributed by atoms with Crippen molar-refractivity contribution in [3.63, 3.8) is 0 Å². The first-order valence-electron chi connectivity index (χ1n) is 6.79. The molecule has 102 valence electrons. The number of hydrogen-bond acceptors (Lipinski definition) is 2. The van der Waals surface area contributed by atoms with Crippen molar-refractivity contribution in [1.29, 1.82) is 0 Å². The van der Waals surface area contributed by atoms with Crippen LogP contribution in [0.2, 0.25) is 0 Å². The summed E-state index contributed by atoms with van der Waals surface area (Å²) in [5.41, 5.74) is 0.839. The van der Waals surface area contributed by atoms with E-state index in [2.05, 4.69) is 0 Å².